The van der Waals surface area contributed by atoms with Crippen LogP contribution in [0.5, 0.6) is 0 Å². The predicted molar refractivity (Wildman–Crippen MR) is 184 cm³/mol. The molecule has 0 aliphatic heterocycles. The zero-order chi connectivity index (χ0) is 34.5. The number of hydrogen-bond donors (Lipinski definition) is 1. The molecular weight excluding hydrogens is 648 g/mol. The minimum absolute atomic E-state index is 0.0118. The van der Waals surface area contributed by atoms with Crippen molar-refractivity contribution in [1.82, 2.24) is 19.7 Å². The summed E-state index contributed by atoms with van der Waals surface area (Å²) in [6, 6.07) is 32.8. The van der Waals surface area contributed by atoms with Gasteiger partial charge in [0.05, 0.1) is 27.2 Å². The first kappa shape index (κ1) is 32.9. The molecule has 6 rings (SSSR count). The smallest absolute Gasteiger partial charge is 0.351 e. The molecule has 4 aromatic carbocycles. The van der Waals surface area contributed by atoms with Crippen molar-refractivity contribution in [1.29, 1.82) is 5.26 Å². The molecule has 0 aliphatic carbocycles. The number of aromatic nitrogens is 3. The molecule has 0 fully saturated rings. The van der Waals surface area contributed by atoms with E-state index >= 15 is 0 Å². The number of rotatable bonds is 8. The molecule has 6 aromatic rings. The number of alkyl halides is 3. The summed E-state index contributed by atoms with van der Waals surface area (Å²) < 4.78 is 45.1. The summed E-state index contributed by atoms with van der Waals surface area (Å²) in [7, 11) is 0. The number of carbonyl (C=O) groups excluding carboxylic acids is 1. The number of nitrogens with zero attached hydrogens (tertiary/aromatic N) is 4. The highest BCUT2D eigenvalue weighted by Crippen LogP contribution is 2.33. The fourth-order valence-corrected chi connectivity index (χ4v) is 6.39. The van der Waals surface area contributed by atoms with Crippen LogP contribution in [0.25, 0.3) is 34.3 Å². The number of aryl methyl sites for hydroxylation is 1. The molecule has 0 aliphatic rings. The van der Waals surface area contributed by atoms with Gasteiger partial charge in [0.2, 0.25) is 0 Å². The number of halogens is 3. The lowest BCUT2D eigenvalue weighted by Gasteiger charge is -2.13. The maximum atomic E-state index is 14.3. The van der Waals surface area contributed by atoms with Gasteiger partial charge in [0.1, 0.15) is 10.7 Å². The zero-order valence-corrected chi connectivity index (χ0v) is 26.9. The van der Waals surface area contributed by atoms with Gasteiger partial charge in [0.25, 0.3) is 11.5 Å². The van der Waals surface area contributed by atoms with Crippen LogP contribution in [0.1, 0.15) is 22.3 Å². The number of nitriles is 1. The van der Waals surface area contributed by atoms with E-state index in [4.69, 9.17) is 5.10 Å². The Bertz CT molecular complexity index is 2350. The van der Waals surface area contributed by atoms with E-state index in [0.717, 1.165) is 50.4 Å². The van der Waals surface area contributed by atoms with Crippen LogP contribution in [-0.2, 0) is 17.4 Å². The lowest BCUT2D eigenvalue weighted by atomic mass is 10.1. The van der Waals surface area contributed by atoms with Crippen molar-refractivity contribution in [2.75, 3.05) is 6.54 Å². The van der Waals surface area contributed by atoms with Gasteiger partial charge in [-0.2, -0.15) is 23.5 Å². The lowest BCUT2D eigenvalue weighted by Crippen LogP contribution is -2.35. The normalized spacial score (nSPS) is 12.4. The third-order valence-corrected chi connectivity index (χ3v) is 8.84. The molecule has 7 nitrogen and oxygen atoms in total. The summed E-state index contributed by atoms with van der Waals surface area (Å²) in [5.74, 6) is -0.804. The molecule has 244 valence electrons. The average Bonchev–Trinajstić information content (AvgIpc) is 3.66. The number of hydrogen-bond acceptors (Lipinski definition) is 5. The number of benzene rings is 4. The van der Waals surface area contributed by atoms with Crippen molar-refractivity contribution in [2.24, 2.45) is 0 Å². The highest BCUT2D eigenvalue weighted by Gasteiger charge is 2.34. The van der Waals surface area contributed by atoms with Gasteiger partial charge in [-0.15, -0.1) is 11.3 Å². The van der Waals surface area contributed by atoms with Gasteiger partial charge in [-0.25, -0.2) is 4.68 Å². The third-order valence-electron chi connectivity index (χ3n) is 7.74. The Morgan fingerprint density at radius 1 is 0.939 bits per heavy atom. The average molecular weight is 676 g/mol. The number of carbonyl (C=O) groups is 1. The van der Waals surface area contributed by atoms with Gasteiger partial charge < -0.3 is 5.32 Å². The van der Waals surface area contributed by atoms with E-state index in [2.05, 4.69) is 5.32 Å². The molecule has 1 amide bonds. The first-order valence-electron chi connectivity index (χ1n) is 15.2. The van der Waals surface area contributed by atoms with Gasteiger partial charge in [-0.1, -0.05) is 90.5 Å². The Morgan fingerprint density at radius 2 is 1.59 bits per heavy atom. The minimum atomic E-state index is -4.82. The van der Waals surface area contributed by atoms with E-state index in [9.17, 15) is 28.0 Å². The van der Waals surface area contributed by atoms with Crippen LogP contribution < -0.4 is 20.1 Å². The van der Waals surface area contributed by atoms with Crippen molar-refractivity contribution in [3.63, 3.8) is 0 Å². The summed E-state index contributed by atoms with van der Waals surface area (Å²) in [6.45, 7) is 2.12. The van der Waals surface area contributed by atoms with Crippen LogP contribution >= 0.6 is 11.3 Å². The van der Waals surface area contributed by atoms with Crippen molar-refractivity contribution >= 4 is 28.9 Å². The fourth-order valence-electron chi connectivity index (χ4n) is 5.31. The SMILES string of the molecule is Cc1ccc(-c2nn(-c3ccccc3)cc2/C=c2\s/c(=C(\C#N)C(=O)NCCc3ccccc3)n(-c3ccccc3C(F)(F)F)c2=O)cc1. The molecule has 0 saturated carbocycles. The van der Waals surface area contributed by atoms with E-state index in [1.807, 2.05) is 97.9 Å². The number of para-hydroxylation sites is 2. The van der Waals surface area contributed by atoms with Gasteiger partial charge in [0, 0.05) is 23.9 Å². The van der Waals surface area contributed by atoms with Crippen LogP contribution in [0.4, 0.5) is 13.2 Å². The zero-order valence-electron chi connectivity index (χ0n) is 26.1. The van der Waals surface area contributed by atoms with Crippen molar-refractivity contribution < 1.29 is 18.0 Å². The van der Waals surface area contributed by atoms with Crippen LogP contribution in [0, 0.1) is 18.3 Å². The molecule has 0 unspecified atom stereocenters. The molecular formula is C38H28F3N5O2S. The molecule has 0 atom stereocenters. The quantitative estimate of drug-likeness (QED) is 0.216. The second-order valence-corrected chi connectivity index (χ2v) is 12.2. The van der Waals surface area contributed by atoms with Gasteiger partial charge in [0.15, 0.2) is 5.57 Å². The highest BCUT2D eigenvalue weighted by molar-refractivity contribution is 7.07. The van der Waals surface area contributed by atoms with E-state index in [0.29, 0.717) is 17.7 Å². The first-order valence-corrected chi connectivity index (χ1v) is 16.0. The molecule has 2 aromatic heterocycles. The highest BCUT2D eigenvalue weighted by atomic mass is 32.1. The fraction of sp³-hybridized carbons (Fsp3) is 0.105. The van der Waals surface area contributed by atoms with Crippen molar-refractivity contribution in [2.45, 2.75) is 19.5 Å². The molecule has 0 spiro atoms. The first-order chi connectivity index (χ1) is 23.6. The topological polar surface area (TPSA) is 92.7 Å². The lowest BCUT2D eigenvalue weighted by molar-refractivity contribution is -0.137. The maximum absolute atomic E-state index is 14.3. The van der Waals surface area contributed by atoms with E-state index in [1.165, 1.54) is 18.2 Å². The molecule has 1 N–H and O–H groups in total. The molecule has 0 radical (unpaired) electrons. The summed E-state index contributed by atoms with van der Waals surface area (Å²) in [4.78, 5) is 27.6. The van der Waals surface area contributed by atoms with Gasteiger partial charge in [-0.3, -0.25) is 14.2 Å². The number of amides is 1. The Kier molecular flexibility index (Phi) is 9.42. The number of thiazole rings is 1. The maximum Gasteiger partial charge on any atom is 0.418 e. The Balaban J connectivity index is 1.57. The summed E-state index contributed by atoms with van der Waals surface area (Å²) >= 11 is 0.768. The van der Waals surface area contributed by atoms with Crippen molar-refractivity contribution in [3.05, 3.63) is 157 Å². The van der Waals surface area contributed by atoms with Crippen LogP contribution in [0.15, 0.2) is 120 Å². The van der Waals surface area contributed by atoms with Crippen molar-refractivity contribution in [3.8, 4) is 28.7 Å². The van der Waals surface area contributed by atoms with E-state index in [1.54, 1.807) is 10.9 Å². The Morgan fingerprint density at radius 3 is 2.27 bits per heavy atom. The molecule has 0 bridgehead atoms. The second kappa shape index (κ2) is 14.0. The summed E-state index contributed by atoms with van der Waals surface area (Å²) in [6.07, 6.45) is -1.10. The standard InChI is InChI=1S/C38H28F3N5O2S/c1-25-16-18-27(19-17-25)34-28(24-45(44-34)29-12-6-3-7-13-29)22-33-36(48)46(32-15-9-8-14-31(32)38(39,40)41)37(49-33)30(23-42)35(47)43-21-20-26-10-4-2-5-11-26/h2-19,22,24H,20-21H2,1H3,(H,43,47)/b33-22-,37-30+. The van der Waals surface area contributed by atoms with Gasteiger partial charge in [-0.05, 0) is 49.2 Å². The van der Waals surface area contributed by atoms with Gasteiger partial charge >= 0.3 is 6.18 Å². The summed E-state index contributed by atoms with van der Waals surface area (Å²) in [5, 5.41) is 17.7. The number of nitrogens with one attached hydrogen (secondary N) is 1. The monoisotopic (exact) mass is 675 g/mol. The predicted octanol–water partition coefficient (Wildman–Crippen LogP) is 5.94. The van der Waals surface area contributed by atoms with Crippen LogP contribution in [0.3, 0.4) is 0 Å². The Labute approximate surface area is 283 Å². The third kappa shape index (κ3) is 7.15. The minimum Gasteiger partial charge on any atom is -0.351 e. The van der Waals surface area contributed by atoms with Crippen LogP contribution in [-0.4, -0.2) is 26.8 Å². The molecule has 49 heavy (non-hydrogen) atoms. The largest absolute Gasteiger partial charge is 0.418 e. The summed E-state index contributed by atoms with van der Waals surface area (Å²) in [5.41, 5.74) is 1.67. The molecule has 2 heterocycles. The molecule has 0 saturated heterocycles. The molecule has 11 heteroatoms. The second-order valence-electron chi connectivity index (χ2n) is 11.1. The van der Waals surface area contributed by atoms with E-state index in [-0.39, 0.29) is 15.7 Å². The van der Waals surface area contributed by atoms with Crippen LogP contribution in [0.2, 0.25) is 0 Å². The Hall–Kier alpha value is -5.99. The van der Waals surface area contributed by atoms with E-state index < -0.39 is 34.5 Å².